The van der Waals surface area contributed by atoms with Gasteiger partial charge in [-0.2, -0.15) is 5.10 Å². The number of nitrogens with one attached hydrogen (secondary N) is 1. The molecule has 0 atom stereocenters. The molecular weight excluding hydrogens is 253 g/mol. The molecule has 0 unspecified atom stereocenters. The molecule has 1 aliphatic carbocycles. The minimum atomic E-state index is -0.231. The standard InChI is InChI=1S/C16H20FN3/c1-11(2)16-12(9-18-14-6-7-14)10-19-20(16)15-5-3-4-13(17)8-15/h3-5,8,10-11,14,18H,6-7,9H2,1-2H3. The third-order valence-corrected chi connectivity index (χ3v) is 3.64. The monoisotopic (exact) mass is 273 g/mol. The molecule has 1 aliphatic rings. The van der Waals surface area contributed by atoms with Crippen LogP contribution in [0.2, 0.25) is 0 Å². The topological polar surface area (TPSA) is 29.9 Å². The van der Waals surface area contributed by atoms with Crippen molar-refractivity contribution in [1.29, 1.82) is 0 Å². The number of hydrogen-bond acceptors (Lipinski definition) is 2. The maximum atomic E-state index is 13.4. The summed E-state index contributed by atoms with van der Waals surface area (Å²) in [7, 11) is 0. The third-order valence-electron chi connectivity index (χ3n) is 3.64. The number of halogens is 1. The molecule has 3 rings (SSSR count). The van der Waals surface area contributed by atoms with Gasteiger partial charge in [-0.3, -0.25) is 0 Å². The van der Waals surface area contributed by atoms with Crippen molar-refractivity contribution in [3.05, 3.63) is 47.5 Å². The van der Waals surface area contributed by atoms with E-state index in [0.717, 1.165) is 17.9 Å². The molecule has 0 spiro atoms. The van der Waals surface area contributed by atoms with Gasteiger partial charge in [0.25, 0.3) is 0 Å². The van der Waals surface area contributed by atoms with E-state index >= 15 is 0 Å². The molecule has 4 heteroatoms. The highest BCUT2D eigenvalue weighted by Gasteiger charge is 2.22. The average Bonchev–Trinajstić information content (AvgIpc) is 3.14. The highest BCUT2D eigenvalue weighted by atomic mass is 19.1. The van der Waals surface area contributed by atoms with Crippen LogP contribution < -0.4 is 5.32 Å². The van der Waals surface area contributed by atoms with Crippen molar-refractivity contribution in [3.8, 4) is 5.69 Å². The molecule has 1 aromatic heterocycles. The number of aromatic nitrogens is 2. The Bertz CT molecular complexity index is 600. The third kappa shape index (κ3) is 2.75. The number of hydrogen-bond donors (Lipinski definition) is 1. The first-order chi connectivity index (χ1) is 9.65. The van der Waals surface area contributed by atoms with Crippen molar-refractivity contribution in [1.82, 2.24) is 15.1 Å². The van der Waals surface area contributed by atoms with Gasteiger partial charge in [-0.15, -0.1) is 0 Å². The van der Waals surface area contributed by atoms with E-state index in [2.05, 4.69) is 24.3 Å². The molecular formula is C16H20FN3. The van der Waals surface area contributed by atoms with Gasteiger partial charge >= 0.3 is 0 Å². The van der Waals surface area contributed by atoms with Gasteiger partial charge in [-0.05, 0) is 37.0 Å². The fourth-order valence-corrected chi connectivity index (χ4v) is 2.50. The number of rotatable bonds is 5. The highest BCUT2D eigenvalue weighted by molar-refractivity contribution is 5.36. The second-order valence-electron chi connectivity index (χ2n) is 5.76. The van der Waals surface area contributed by atoms with Crippen molar-refractivity contribution < 1.29 is 4.39 Å². The fraction of sp³-hybridized carbons (Fsp3) is 0.438. The molecule has 2 aromatic rings. The maximum absolute atomic E-state index is 13.4. The molecule has 1 saturated carbocycles. The Morgan fingerprint density at radius 3 is 2.85 bits per heavy atom. The van der Waals surface area contributed by atoms with Crippen LogP contribution in [0, 0.1) is 5.82 Å². The molecule has 3 nitrogen and oxygen atoms in total. The van der Waals surface area contributed by atoms with E-state index in [0.29, 0.717) is 12.0 Å². The fourth-order valence-electron chi connectivity index (χ4n) is 2.50. The van der Waals surface area contributed by atoms with Crippen LogP contribution in [0.25, 0.3) is 5.69 Å². The Balaban J connectivity index is 1.93. The molecule has 0 amide bonds. The lowest BCUT2D eigenvalue weighted by atomic mass is 10.1. The SMILES string of the molecule is CC(C)c1c(CNC2CC2)cnn1-c1cccc(F)c1. The van der Waals surface area contributed by atoms with Crippen molar-refractivity contribution >= 4 is 0 Å². The van der Waals surface area contributed by atoms with Gasteiger partial charge in [0.15, 0.2) is 0 Å². The summed E-state index contributed by atoms with van der Waals surface area (Å²) in [5.41, 5.74) is 3.14. The summed E-state index contributed by atoms with van der Waals surface area (Å²) in [5.74, 6) is 0.113. The Morgan fingerprint density at radius 1 is 1.40 bits per heavy atom. The van der Waals surface area contributed by atoms with Crippen LogP contribution in [0.3, 0.4) is 0 Å². The second-order valence-corrected chi connectivity index (χ2v) is 5.76. The molecule has 106 valence electrons. The zero-order valence-electron chi connectivity index (χ0n) is 11.9. The zero-order valence-corrected chi connectivity index (χ0v) is 11.9. The molecule has 0 bridgehead atoms. The minimum absolute atomic E-state index is 0.231. The maximum Gasteiger partial charge on any atom is 0.125 e. The predicted octanol–water partition coefficient (Wildman–Crippen LogP) is 3.39. The molecule has 20 heavy (non-hydrogen) atoms. The quantitative estimate of drug-likeness (QED) is 0.905. The molecule has 1 heterocycles. The summed E-state index contributed by atoms with van der Waals surface area (Å²) in [6.45, 7) is 5.13. The van der Waals surface area contributed by atoms with E-state index in [4.69, 9.17) is 0 Å². The smallest absolute Gasteiger partial charge is 0.125 e. The summed E-state index contributed by atoms with van der Waals surface area (Å²) in [4.78, 5) is 0. The lowest BCUT2D eigenvalue weighted by Gasteiger charge is -2.13. The van der Waals surface area contributed by atoms with E-state index in [1.54, 1.807) is 6.07 Å². The molecule has 1 aromatic carbocycles. The van der Waals surface area contributed by atoms with Crippen LogP contribution in [0.15, 0.2) is 30.5 Å². The lowest BCUT2D eigenvalue weighted by molar-refractivity contribution is 0.623. The van der Waals surface area contributed by atoms with Gasteiger partial charge in [0.05, 0.1) is 17.6 Å². The first-order valence-corrected chi connectivity index (χ1v) is 7.21. The first kappa shape index (κ1) is 13.3. The Labute approximate surface area is 118 Å². The predicted molar refractivity (Wildman–Crippen MR) is 77.5 cm³/mol. The Kier molecular flexibility index (Phi) is 3.57. The van der Waals surface area contributed by atoms with Gasteiger partial charge in [0.2, 0.25) is 0 Å². The summed E-state index contributed by atoms with van der Waals surface area (Å²) < 4.78 is 15.3. The van der Waals surface area contributed by atoms with Crippen LogP contribution in [0.1, 0.15) is 43.9 Å². The van der Waals surface area contributed by atoms with E-state index in [-0.39, 0.29) is 5.82 Å². The van der Waals surface area contributed by atoms with Crippen molar-refractivity contribution in [2.75, 3.05) is 0 Å². The summed E-state index contributed by atoms with van der Waals surface area (Å²) >= 11 is 0. The Hall–Kier alpha value is -1.68. The van der Waals surface area contributed by atoms with Crippen molar-refractivity contribution in [3.63, 3.8) is 0 Å². The molecule has 1 fully saturated rings. The van der Waals surface area contributed by atoms with E-state index in [1.807, 2.05) is 16.9 Å². The lowest BCUT2D eigenvalue weighted by Crippen LogP contribution is -2.17. The summed E-state index contributed by atoms with van der Waals surface area (Å²) in [6.07, 6.45) is 4.44. The normalized spacial score (nSPS) is 15.0. The van der Waals surface area contributed by atoms with Crippen LogP contribution in [0.4, 0.5) is 4.39 Å². The van der Waals surface area contributed by atoms with Gasteiger partial charge in [0.1, 0.15) is 5.82 Å². The van der Waals surface area contributed by atoms with Crippen LogP contribution in [0.5, 0.6) is 0 Å². The van der Waals surface area contributed by atoms with Gasteiger partial charge in [-0.25, -0.2) is 9.07 Å². The van der Waals surface area contributed by atoms with E-state index in [1.165, 1.54) is 30.5 Å². The number of nitrogens with zero attached hydrogens (tertiary/aromatic N) is 2. The van der Waals surface area contributed by atoms with Crippen LogP contribution >= 0.6 is 0 Å². The van der Waals surface area contributed by atoms with E-state index in [9.17, 15) is 4.39 Å². The van der Waals surface area contributed by atoms with Crippen molar-refractivity contribution in [2.24, 2.45) is 0 Å². The molecule has 0 radical (unpaired) electrons. The largest absolute Gasteiger partial charge is 0.310 e. The zero-order chi connectivity index (χ0) is 14.1. The Morgan fingerprint density at radius 2 is 2.20 bits per heavy atom. The van der Waals surface area contributed by atoms with Crippen molar-refractivity contribution in [2.45, 2.75) is 45.2 Å². The minimum Gasteiger partial charge on any atom is -0.310 e. The average molecular weight is 273 g/mol. The van der Waals surface area contributed by atoms with E-state index < -0.39 is 0 Å². The summed E-state index contributed by atoms with van der Waals surface area (Å²) in [6, 6.07) is 7.26. The van der Waals surface area contributed by atoms with Gasteiger partial charge < -0.3 is 5.32 Å². The molecule has 0 aliphatic heterocycles. The van der Waals surface area contributed by atoms with Crippen LogP contribution in [-0.2, 0) is 6.54 Å². The highest BCUT2D eigenvalue weighted by Crippen LogP contribution is 2.25. The first-order valence-electron chi connectivity index (χ1n) is 7.21. The molecule has 0 saturated heterocycles. The van der Waals surface area contributed by atoms with Gasteiger partial charge in [-0.1, -0.05) is 19.9 Å². The van der Waals surface area contributed by atoms with Crippen LogP contribution in [-0.4, -0.2) is 15.8 Å². The number of benzene rings is 1. The molecule has 1 N–H and O–H groups in total. The summed E-state index contributed by atoms with van der Waals surface area (Å²) in [5, 5.41) is 7.97. The van der Waals surface area contributed by atoms with Gasteiger partial charge in [0, 0.05) is 18.2 Å². The second kappa shape index (κ2) is 5.37.